The van der Waals surface area contributed by atoms with Crippen LogP contribution in [0, 0.1) is 0 Å². The minimum absolute atomic E-state index is 0.0872. The minimum Gasteiger partial charge on any atom is -0.480 e. The van der Waals surface area contributed by atoms with Crippen LogP contribution < -0.4 is 5.32 Å². The highest BCUT2D eigenvalue weighted by molar-refractivity contribution is 5.79. The lowest BCUT2D eigenvalue weighted by molar-refractivity contribution is -0.138. The number of nitrogens with one attached hydrogen (secondary N) is 1. The summed E-state index contributed by atoms with van der Waals surface area (Å²) in [4.78, 5) is 25.8. The van der Waals surface area contributed by atoms with Crippen LogP contribution in [0.25, 0.3) is 0 Å². The predicted molar refractivity (Wildman–Crippen MR) is 67.5 cm³/mol. The molecule has 0 radical (unpaired) electrons. The lowest BCUT2D eigenvalue weighted by atomic mass is 10.4. The number of rotatable bonds is 10. The maximum absolute atomic E-state index is 11.5. The number of amides is 1. The molecule has 0 saturated heterocycles. The third-order valence-corrected chi connectivity index (χ3v) is 2.22. The molecule has 7 heteroatoms. The number of nitrogens with zero attached hydrogens (tertiary/aromatic N) is 2. The summed E-state index contributed by atoms with van der Waals surface area (Å²) in [6.07, 6.45) is 0. The molecule has 106 valence electrons. The molecule has 0 unspecified atom stereocenters. The molecule has 18 heavy (non-hydrogen) atoms. The normalized spacial score (nSPS) is 10.9. The summed E-state index contributed by atoms with van der Waals surface area (Å²) in [5, 5.41) is 11.4. The molecule has 0 fully saturated rings. The Kier molecular flexibility index (Phi) is 9.17. The topological polar surface area (TPSA) is 82.1 Å². The summed E-state index contributed by atoms with van der Waals surface area (Å²) in [7, 11) is 5.36. The maximum atomic E-state index is 11.5. The van der Waals surface area contributed by atoms with Gasteiger partial charge in [0.2, 0.25) is 5.91 Å². The zero-order chi connectivity index (χ0) is 14.0. The van der Waals surface area contributed by atoms with E-state index in [4.69, 9.17) is 9.84 Å². The molecule has 0 saturated carbocycles. The average molecular weight is 261 g/mol. The van der Waals surface area contributed by atoms with Crippen molar-refractivity contribution in [2.45, 2.75) is 0 Å². The van der Waals surface area contributed by atoms with Crippen molar-refractivity contribution in [1.29, 1.82) is 0 Å². The summed E-state index contributed by atoms with van der Waals surface area (Å²) in [5.74, 6) is -1.12. The van der Waals surface area contributed by atoms with E-state index in [-0.39, 0.29) is 19.0 Å². The molecule has 0 heterocycles. The van der Waals surface area contributed by atoms with Crippen molar-refractivity contribution < 1.29 is 19.4 Å². The van der Waals surface area contributed by atoms with Gasteiger partial charge in [0.05, 0.1) is 19.7 Å². The minimum atomic E-state index is -0.932. The third kappa shape index (κ3) is 10.0. The quantitative estimate of drug-likeness (QED) is 0.476. The van der Waals surface area contributed by atoms with Crippen LogP contribution in [0.15, 0.2) is 0 Å². The monoisotopic (exact) mass is 261 g/mol. The molecule has 0 aliphatic rings. The standard InChI is InChI=1S/C11H23N3O4/c1-13(2)5-6-14(9-11(16)17)8-10(15)12-4-7-18-3/h4-9H2,1-3H3,(H,12,15)(H,16,17). The second-order valence-electron chi connectivity index (χ2n) is 4.25. The number of hydrogen-bond donors (Lipinski definition) is 2. The molecule has 0 spiro atoms. The van der Waals surface area contributed by atoms with Crippen LogP contribution in [0.1, 0.15) is 0 Å². The van der Waals surface area contributed by atoms with Gasteiger partial charge in [0, 0.05) is 26.7 Å². The SMILES string of the molecule is COCCNC(=O)CN(CCN(C)C)CC(=O)O. The summed E-state index contributed by atoms with van der Waals surface area (Å²) in [5.41, 5.74) is 0. The van der Waals surface area contributed by atoms with E-state index in [1.165, 1.54) is 0 Å². The zero-order valence-corrected chi connectivity index (χ0v) is 11.3. The van der Waals surface area contributed by atoms with Crippen molar-refractivity contribution in [1.82, 2.24) is 15.1 Å². The van der Waals surface area contributed by atoms with Gasteiger partial charge >= 0.3 is 5.97 Å². The molecule has 0 aromatic heterocycles. The lowest BCUT2D eigenvalue weighted by Gasteiger charge is -2.21. The van der Waals surface area contributed by atoms with E-state index >= 15 is 0 Å². The molecule has 0 rings (SSSR count). The second kappa shape index (κ2) is 9.81. The first kappa shape index (κ1) is 16.8. The molecule has 1 amide bonds. The molecule has 0 aromatic carbocycles. The number of methoxy groups -OCH3 is 1. The number of hydrogen-bond acceptors (Lipinski definition) is 5. The fraction of sp³-hybridized carbons (Fsp3) is 0.818. The maximum Gasteiger partial charge on any atom is 0.317 e. The van der Waals surface area contributed by atoms with Crippen LogP contribution in [0.5, 0.6) is 0 Å². The first-order chi connectivity index (χ1) is 8.45. The van der Waals surface area contributed by atoms with Gasteiger partial charge in [0.15, 0.2) is 0 Å². The molecule has 0 aliphatic heterocycles. The molecule has 0 aromatic rings. The molecular weight excluding hydrogens is 238 g/mol. The molecule has 0 aliphatic carbocycles. The van der Waals surface area contributed by atoms with Gasteiger partial charge in [0.25, 0.3) is 0 Å². The van der Waals surface area contributed by atoms with Crippen LogP contribution in [0.4, 0.5) is 0 Å². The average Bonchev–Trinajstić information content (AvgIpc) is 2.25. The first-order valence-electron chi connectivity index (χ1n) is 5.80. The van der Waals surface area contributed by atoms with Gasteiger partial charge in [0.1, 0.15) is 0 Å². The highest BCUT2D eigenvalue weighted by Crippen LogP contribution is 1.90. The van der Waals surface area contributed by atoms with Crippen LogP contribution in [0.3, 0.4) is 0 Å². The summed E-state index contributed by atoms with van der Waals surface area (Å²) < 4.78 is 4.81. The van der Waals surface area contributed by atoms with E-state index in [1.54, 1.807) is 12.0 Å². The Morgan fingerprint density at radius 1 is 1.22 bits per heavy atom. The predicted octanol–water partition coefficient (Wildman–Crippen LogP) is -1.30. The van der Waals surface area contributed by atoms with Gasteiger partial charge in [-0.3, -0.25) is 14.5 Å². The number of carbonyl (C=O) groups excluding carboxylic acids is 1. The van der Waals surface area contributed by atoms with Gasteiger partial charge in [-0.15, -0.1) is 0 Å². The number of carboxylic acid groups (broad SMARTS) is 1. The van der Waals surface area contributed by atoms with E-state index in [9.17, 15) is 9.59 Å². The van der Waals surface area contributed by atoms with E-state index in [0.29, 0.717) is 26.2 Å². The van der Waals surface area contributed by atoms with Crippen LogP contribution in [-0.2, 0) is 14.3 Å². The summed E-state index contributed by atoms with van der Waals surface area (Å²) in [6, 6.07) is 0. The Bertz CT molecular complexity index is 259. The lowest BCUT2D eigenvalue weighted by Crippen LogP contribution is -2.43. The van der Waals surface area contributed by atoms with E-state index in [0.717, 1.165) is 0 Å². The van der Waals surface area contributed by atoms with Gasteiger partial charge in [-0.25, -0.2) is 0 Å². The highest BCUT2D eigenvalue weighted by Gasteiger charge is 2.13. The fourth-order valence-corrected chi connectivity index (χ4v) is 1.30. The number of carbonyl (C=O) groups is 2. The van der Waals surface area contributed by atoms with Gasteiger partial charge in [-0.1, -0.05) is 0 Å². The largest absolute Gasteiger partial charge is 0.480 e. The van der Waals surface area contributed by atoms with Crippen molar-refractivity contribution >= 4 is 11.9 Å². The second-order valence-corrected chi connectivity index (χ2v) is 4.25. The van der Waals surface area contributed by atoms with Crippen LogP contribution in [-0.4, -0.2) is 87.3 Å². The number of likely N-dealkylation sites (N-methyl/N-ethyl adjacent to an activating group) is 1. The Hall–Kier alpha value is -1.18. The van der Waals surface area contributed by atoms with Gasteiger partial charge in [-0.2, -0.15) is 0 Å². The molecule has 0 bridgehead atoms. The van der Waals surface area contributed by atoms with Crippen LogP contribution >= 0.6 is 0 Å². The molecular formula is C11H23N3O4. The number of aliphatic carboxylic acids is 1. The first-order valence-corrected chi connectivity index (χ1v) is 5.80. The van der Waals surface area contributed by atoms with Gasteiger partial charge < -0.3 is 20.1 Å². The van der Waals surface area contributed by atoms with Crippen molar-refractivity contribution in [3.05, 3.63) is 0 Å². The van der Waals surface area contributed by atoms with Crippen molar-refractivity contribution in [3.8, 4) is 0 Å². The van der Waals surface area contributed by atoms with Gasteiger partial charge in [-0.05, 0) is 14.1 Å². The number of ether oxygens (including phenoxy) is 1. The Morgan fingerprint density at radius 3 is 2.39 bits per heavy atom. The molecule has 2 N–H and O–H groups in total. The fourth-order valence-electron chi connectivity index (χ4n) is 1.30. The summed E-state index contributed by atoms with van der Waals surface area (Å²) in [6.45, 7) is 2.08. The molecule has 0 atom stereocenters. The smallest absolute Gasteiger partial charge is 0.317 e. The van der Waals surface area contributed by atoms with E-state index in [2.05, 4.69) is 5.32 Å². The van der Waals surface area contributed by atoms with Crippen molar-refractivity contribution in [3.63, 3.8) is 0 Å². The van der Waals surface area contributed by atoms with Crippen LogP contribution in [0.2, 0.25) is 0 Å². The Balaban J connectivity index is 4.04. The third-order valence-electron chi connectivity index (χ3n) is 2.22. The van der Waals surface area contributed by atoms with Crippen molar-refractivity contribution in [2.75, 3.05) is 60.5 Å². The Morgan fingerprint density at radius 2 is 1.89 bits per heavy atom. The number of carboxylic acids is 1. The highest BCUT2D eigenvalue weighted by atomic mass is 16.5. The van der Waals surface area contributed by atoms with E-state index < -0.39 is 5.97 Å². The van der Waals surface area contributed by atoms with E-state index in [1.807, 2.05) is 19.0 Å². The molecule has 7 nitrogen and oxygen atoms in total. The Labute approximate surface area is 108 Å². The zero-order valence-electron chi connectivity index (χ0n) is 11.3. The summed E-state index contributed by atoms with van der Waals surface area (Å²) >= 11 is 0. The van der Waals surface area contributed by atoms with Crippen molar-refractivity contribution in [2.24, 2.45) is 0 Å².